The lowest BCUT2D eigenvalue weighted by atomic mass is 10.2. The summed E-state index contributed by atoms with van der Waals surface area (Å²) in [5.41, 5.74) is 1.66. The molecule has 0 saturated carbocycles. The molecule has 0 aromatic heterocycles. The average Bonchev–Trinajstić information content (AvgIpc) is 2.61. The van der Waals surface area contributed by atoms with Crippen LogP contribution in [0.15, 0.2) is 48.5 Å². The second-order valence-electron chi connectivity index (χ2n) is 5.32. The molecule has 0 radical (unpaired) electrons. The first-order valence-corrected chi connectivity index (χ1v) is 8.01. The summed E-state index contributed by atoms with van der Waals surface area (Å²) in [6.45, 7) is 3.33. The Bertz CT molecular complexity index is 640. The molecule has 2 rings (SSSR count). The molecule has 0 saturated heterocycles. The van der Waals surface area contributed by atoms with Gasteiger partial charge in [-0.15, -0.1) is 0 Å². The van der Waals surface area contributed by atoms with E-state index < -0.39 is 0 Å². The van der Waals surface area contributed by atoms with Gasteiger partial charge in [-0.05, 0) is 42.8 Å². The first kappa shape index (κ1) is 17.8. The van der Waals surface area contributed by atoms with Crippen molar-refractivity contribution < 1.29 is 19.4 Å². The quantitative estimate of drug-likeness (QED) is 0.694. The van der Waals surface area contributed by atoms with Crippen LogP contribution >= 0.6 is 0 Å². The van der Waals surface area contributed by atoms with E-state index in [0.29, 0.717) is 24.5 Å². The van der Waals surface area contributed by atoms with Gasteiger partial charge < -0.3 is 19.9 Å². The molecule has 0 heterocycles. The molecule has 0 spiro atoms. The van der Waals surface area contributed by atoms with Crippen molar-refractivity contribution in [2.75, 3.05) is 26.4 Å². The van der Waals surface area contributed by atoms with Crippen LogP contribution in [0.1, 0.15) is 22.3 Å². The van der Waals surface area contributed by atoms with Gasteiger partial charge in [-0.25, -0.2) is 0 Å². The largest absolute Gasteiger partial charge is 0.493 e. The van der Waals surface area contributed by atoms with Crippen molar-refractivity contribution in [2.24, 2.45) is 0 Å². The molecule has 0 bridgehead atoms. The summed E-state index contributed by atoms with van der Waals surface area (Å²) in [6.07, 6.45) is 0.771. The van der Waals surface area contributed by atoms with E-state index >= 15 is 0 Å². The summed E-state index contributed by atoms with van der Waals surface area (Å²) in [6, 6.07) is 14.8. The molecule has 0 fully saturated rings. The summed E-state index contributed by atoms with van der Waals surface area (Å²) in [4.78, 5) is 11.7. The Kier molecular flexibility index (Phi) is 7.11. The SMILES string of the molecule is Cc1ccccc1OCCCOc1ccc(C(=O)NCCO)cc1. The molecule has 0 aliphatic rings. The van der Waals surface area contributed by atoms with Crippen molar-refractivity contribution in [1.29, 1.82) is 0 Å². The molecule has 0 aliphatic carbocycles. The molecule has 24 heavy (non-hydrogen) atoms. The molecule has 128 valence electrons. The van der Waals surface area contributed by atoms with Crippen LogP contribution in [0, 0.1) is 6.92 Å². The number of carbonyl (C=O) groups is 1. The van der Waals surface area contributed by atoms with Crippen LogP contribution in [-0.4, -0.2) is 37.4 Å². The molecular formula is C19H23NO4. The van der Waals surface area contributed by atoms with Gasteiger partial charge in [-0.1, -0.05) is 18.2 Å². The van der Waals surface area contributed by atoms with Crippen LogP contribution in [0.2, 0.25) is 0 Å². The second kappa shape index (κ2) is 9.57. The number of ether oxygens (including phenoxy) is 2. The van der Waals surface area contributed by atoms with Gasteiger partial charge in [0.2, 0.25) is 0 Å². The highest BCUT2D eigenvalue weighted by Gasteiger charge is 2.04. The standard InChI is InChI=1S/C19H23NO4/c1-15-5-2-3-6-18(15)24-14-4-13-23-17-9-7-16(8-10-17)19(22)20-11-12-21/h2-3,5-10,21H,4,11-14H2,1H3,(H,20,22). The summed E-state index contributed by atoms with van der Waals surface area (Å²) in [7, 11) is 0. The summed E-state index contributed by atoms with van der Waals surface area (Å²) >= 11 is 0. The lowest BCUT2D eigenvalue weighted by Gasteiger charge is -2.10. The number of benzene rings is 2. The number of hydrogen-bond donors (Lipinski definition) is 2. The number of rotatable bonds is 9. The average molecular weight is 329 g/mol. The predicted molar refractivity (Wildman–Crippen MR) is 92.6 cm³/mol. The van der Waals surface area contributed by atoms with Crippen molar-refractivity contribution in [3.63, 3.8) is 0 Å². The number of para-hydroxylation sites is 1. The highest BCUT2D eigenvalue weighted by atomic mass is 16.5. The number of aliphatic hydroxyl groups is 1. The van der Waals surface area contributed by atoms with Gasteiger partial charge in [0, 0.05) is 18.5 Å². The zero-order chi connectivity index (χ0) is 17.2. The van der Waals surface area contributed by atoms with Gasteiger partial charge in [0.1, 0.15) is 11.5 Å². The fraction of sp³-hybridized carbons (Fsp3) is 0.316. The maximum Gasteiger partial charge on any atom is 0.251 e. The molecular weight excluding hydrogens is 306 g/mol. The van der Waals surface area contributed by atoms with Gasteiger partial charge in [0.15, 0.2) is 0 Å². The molecule has 1 amide bonds. The molecule has 2 aromatic carbocycles. The molecule has 2 N–H and O–H groups in total. The maximum atomic E-state index is 11.7. The zero-order valence-electron chi connectivity index (χ0n) is 13.8. The first-order valence-electron chi connectivity index (χ1n) is 8.01. The van der Waals surface area contributed by atoms with Crippen molar-refractivity contribution in [1.82, 2.24) is 5.32 Å². The Morgan fingerprint density at radius 2 is 1.75 bits per heavy atom. The Balaban J connectivity index is 1.69. The van der Waals surface area contributed by atoms with E-state index in [-0.39, 0.29) is 19.1 Å². The van der Waals surface area contributed by atoms with Crippen molar-refractivity contribution in [3.05, 3.63) is 59.7 Å². The second-order valence-corrected chi connectivity index (χ2v) is 5.32. The minimum absolute atomic E-state index is 0.0719. The third kappa shape index (κ3) is 5.59. The van der Waals surface area contributed by atoms with Crippen LogP contribution in [0.25, 0.3) is 0 Å². The monoisotopic (exact) mass is 329 g/mol. The molecule has 5 nitrogen and oxygen atoms in total. The van der Waals surface area contributed by atoms with Crippen LogP contribution in [-0.2, 0) is 0 Å². The van der Waals surface area contributed by atoms with Gasteiger partial charge in [0.25, 0.3) is 5.91 Å². The molecule has 0 unspecified atom stereocenters. The molecule has 5 heteroatoms. The van der Waals surface area contributed by atoms with E-state index in [4.69, 9.17) is 14.6 Å². The van der Waals surface area contributed by atoms with Crippen LogP contribution in [0.4, 0.5) is 0 Å². The van der Waals surface area contributed by atoms with Crippen LogP contribution < -0.4 is 14.8 Å². The van der Waals surface area contributed by atoms with Crippen LogP contribution in [0.5, 0.6) is 11.5 Å². The molecule has 0 atom stereocenters. The third-order valence-corrected chi connectivity index (χ3v) is 3.42. The summed E-state index contributed by atoms with van der Waals surface area (Å²) in [5, 5.41) is 11.3. The van der Waals surface area contributed by atoms with Gasteiger partial charge in [0.05, 0.1) is 19.8 Å². The van der Waals surface area contributed by atoms with Crippen molar-refractivity contribution in [3.8, 4) is 11.5 Å². The minimum atomic E-state index is -0.206. The number of nitrogens with one attached hydrogen (secondary N) is 1. The third-order valence-electron chi connectivity index (χ3n) is 3.42. The number of amides is 1. The van der Waals surface area contributed by atoms with Gasteiger partial charge in [-0.3, -0.25) is 4.79 Å². The van der Waals surface area contributed by atoms with E-state index in [2.05, 4.69) is 5.32 Å². The van der Waals surface area contributed by atoms with Crippen LogP contribution in [0.3, 0.4) is 0 Å². The Labute approximate surface area is 142 Å². The Hall–Kier alpha value is -2.53. The number of hydrogen-bond acceptors (Lipinski definition) is 4. The number of aryl methyl sites for hydroxylation is 1. The number of aliphatic hydroxyl groups excluding tert-OH is 1. The lowest BCUT2D eigenvalue weighted by Crippen LogP contribution is -2.26. The molecule has 2 aromatic rings. The first-order chi connectivity index (χ1) is 11.7. The minimum Gasteiger partial charge on any atom is -0.493 e. The summed E-state index contributed by atoms with van der Waals surface area (Å²) in [5.74, 6) is 1.41. The highest BCUT2D eigenvalue weighted by Crippen LogP contribution is 2.16. The van der Waals surface area contributed by atoms with E-state index in [0.717, 1.165) is 17.7 Å². The predicted octanol–water partition coefficient (Wildman–Crippen LogP) is 2.57. The highest BCUT2D eigenvalue weighted by molar-refractivity contribution is 5.94. The zero-order valence-corrected chi connectivity index (χ0v) is 13.8. The summed E-state index contributed by atoms with van der Waals surface area (Å²) < 4.78 is 11.3. The fourth-order valence-corrected chi connectivity index (χ4v) is 2.12. The fourth-order valence-electron chi connectivity index (χ4n) is 2.12. The van der Waals surface area contributed by atoms with E-state index in [9.17, 15) is 4.79 Å². The maximum absolute atomic E-state index is 11.7. The van der Waals surface area contributed by atoms with E-state index in [1.165, 1.54) is 0 Å². The van der Waals surface area contributed by atoms with E-state index in [1.807, 2.05) is 31.2 Å². The normalized spacial score (nSPS) is 10.2. The van der Waals surface area contributed by atoms with Crippen molar-refractivity contribution in [2.45, 2.75) is 13.3 Å². The van der Waals surface area contributed by atoms with Crippen molar-refractivity contribution >= 4 is 5.91 Å². The number of carbonyl (C=O) groups excluding carboxylic acids is 1. The smallest absolute Gasteiger partial charge is 0.251 e. The Morgan fingerprint density at radius 1 is 1.04 bits per heavy atom. The topological polar surface area (TPSA) is 67.8 Å². The lowest BCUT2D eigenvalue weighted by molar-refractivity contribution is 0.0944. The van der Waals surface area contributed by atoms with Gasteiger partial charge >= 0.3 is 0 Å². The Morgan fingerprint density at radius 3 is 2.46 bits per heavy atom. The van der Waals surface area contributed by atoms with Gasteiger partial charge in [-0.2, -0.15) is 0 Å². The molecule has 0 aliphatic heterocycles. The van der Waals surface area contributed by atoms with E-state index in [1.54, 1.807) is 24.3 Å².